The van der Waals surface area contributed by atoms with Crippen molar-refractivity contribution in [1.29, 1.82) is 0 Å². The zero-order valence-corrected chi connectivity index (χ0v) is 11.6. The van der Waals surface area contributed by atoms with Gasteiger partial charge >= 0.3 is 0 Å². The fourth-order valence-electron chi connectivity index (χ4n) is 2.17. The third-order valence-corrected chi connectivity index (χ3v) is 3.86. The van der Waals surface area contributed by atoms with E-state index in [1.54, 1.807) is 0 Å². The average Bonchev–Trinajstić information content (AvgIpc) is 2.45. The maximum atomic E-state index is 12.2. The quantitative estimate of drug-likeness (QED) is 0.813. The first kappa shape index (κ1) is 14.7. The van der Waals surface area contributed by atoms with Crippen LogP contribution in [0.3, 0.4) is 0 Å². The lowest BCUT2D eigenvalue weighted by Crippen LogP contribution is -2.50. The van der Waals surface area contributed by atoms with E-state index in [0.29, 0.717) is 0 Å². The van der Waals surface area contributed by atoms with Crippen molar-refractivity contribution in [1.82, 2.24) is 5.32 Å². The minimum atomic E-state index is -0.588. The molecule has 0 aliphatic carbocycles. The molecule has 1 amide bonds. The lowest BCUT2D eigenvalue weighted by molar-refractivity contribution is -0.124. The van der Waals surface area contributed by atoms with Gasteiger partial charge in [-0.05, 0) is 24.8 Å². The first-order valence-corrected chi connectivity index (χ1v) is 6.71. The summed E-state index contributed by atoms with van der Waals surface area (Å²) in [6.07, 6.45) is 2.77. The van der Waals surface area contributed by atoms with Crippen molar-refractivity contribution in [2.24, 2.45) is 5.73 Å². The van der Waals surface area contributed by atoms with Gasteiger partial charge in [-0.1, -0.05) is 51.1 Å². The Morgan fingerprint density at radius 1 is 1.17 bits per heavy atom. The second-order valence-corrected chi connectivity index (χ2v) is 4.72. The van der Waals surface area contributed by atoms with Crippen LogP contribution in [0.1, 0.15) is 51.6 Å². The summed E-state index contributed by atoms with van der Waals surface area (Å²) in [5.74, 6) is -0.0910. The fourth-order valence-corrected chi connectivity index (χ4v) is 2.17. The molecule has 1 aromatic carbocycles. The van der Waals surface area contributed by atoms with Crippen LogP contribution in [0.15, 0.2) is 30.3 Å². The summed E-state index contributed by atoms with van der Waals surface area (Å²) in [6.45, 7) is 6.30. The molecule has 3 nitrogen and oxygen atoms in total. The number of hydrogen-bond acceptors (Lipinski definition) is 2. The summed E-state index contributed by atoms with van der Waals surface area (Å²) < 4.78 is 0. The molecule has 0 fully saturated rings. The SMILES string of the molecule is CCC(CC)(CC)NC(=O)[C@H](N)c1ccccc1. The van der Waals surface area contributed by atoms with Gasteiger partial charge in [-0.25, -0.2) is 0 Å². The summed E-state index contributed by atoms with van der Waals surface area (Å²) >= 11 is 0. The Morgan fingerprint density at radius 2 is 1.67 bits per heavy atom. The van der Waals surface area contributed by atoms with Gasteiger partial charge in [0.15, 0.2) is 0 Å². The van der Waals surface area contributed by atoms with Gasteiger partial charge in [0.25, 0.3) is 0 Å². The van der Waals surface area contributed by atoms with Gasteiger partial charge in [-0.2, -0.15) is 0 Å². The highest BCUT2D eigenvalue weighted by molar-refractivity contribution is 5.83. The van der Waals surface area contributed by atoms with Gasteiger partial charge in [0.2, 0.25) is 5.91 Å². The van der Waals surface area contributed by atoms with E-state index in [4.69, 9.17) is 5.73 Å². The minimum absolute atomic E-state index is 0.0910. The van der Waals surface area contributed by atoms with Crippen LogP contribution in [-0.4, -0.2) is 11.4 Å². The molecule has 0 unspecified atom stereocenters. The molecule has 0 heterocycles. The molecule has 0 aromatic heterocycles. The highest BCUT2D eigenvalue weighted by Crippen LogP contribution is 2.21. The third-order valence-electron chi connectivity index (χ3n) is 3.86. The number of rotatable bonds is 6. The Bertz CT molecular complexity index is 363. The minimum Gasteiger partial charge on any atom is -0.349 e. The van der Waals surface area contributed by atoms with Crippen molar-refractivity contribution >= 4 is 5.91 Å². The molecule has 0 aliphatic heterocycles. The summed E-state index contributed by atoms with van der Waals surface area (Å²) in [4.78, 5) is 12.2. The van der Waals surface area contributed by atoms with Gasteiger partial charge in [0.1, 0.15) is 6.04 Å². The van der Waals surface area contributed by atoms with Crippen molar-refractivity contribution in [3.63, 3.8) is 0 Å². The Morgan fingerprint density at radius 3 is 2.11 bits per heavy atom. The van der Waals surface area contributed by atoms with E-state index < -0.39 is 6.04 Å². The second-order valence-electron chi connectivity index (χ2n) is 4.72. The van der Waals surface area contributed by atoms with Crippen molar-refractivity contribution in [3.8, 4) is 0 Å². The van der Waals surface area contributed by atoms with Crippen molar-refractivity contribution in [2.75, 3.05) is 0 Å². The zero-order chi connectivity index (χ0) is 13.6. The molecule has 1 rings (SSSR count). The van der Waals surface area contributed by atoms with Gasteiger partial charge in [0.05, 0.1) is 0 Å². The van der Waals surface area contributed by atoms with Gasteiger partial charge in [-0.3, -0.25) is 4.79 Å². The van der Waals surface area contributed by atoms with Crippen LogP contribution >= 0.6 is 0 Å². The fraction of sp³-hybridized carbons (Fsp3) is 0.533. The first-order chi connectivity index (χ1) is 8.58. The normalized spacial score (nSPS) is 13.1. The number of benzene rings is 1. The summed E-state index contributed by atoms with van der Waals surface area (Å²) in [7, 11) is 0. The molecule has 0 radical (unpaired) electrons. The highest BCUT2D eigenvalue weighted by atomic mass is 16.2. The number of carbonyl (C=O) groups is 1. The summed E-state index contributed by atoms with van der Waals surface area (Å²) in [5, 5.41) is 3.11. The maximum Gasteiger partial charge on any atom is 0.241 e. The highest BCUT2D eigenvalue weighted by Gasteiger charge is 2.28. The summed E-state index contributed by atoms with van der Waals surface area (Å²) in [5.41, 5.74) is 6.73. The largest absolute Gasteiger partial charge is 0.349 e. The number of amides is 1. The molecule has 0 saturated carbocycles. The predicted molar refractivity (Wildman–Crippen MR) is 75.1 cm³/mol. The van der Waals surface area contributed by atoms with E-state index in [1.165, 1.54) is 0 Å². The molecule has 18 heavy (non-hydrogen) atoms. The average molecular weight is 248 g/mol. The van der Waals surface area contributed by atoms with Gasteiger partial charge in [-0.15, -0.1) is 0 Å². The van der Waals surface area contributed by atoms with E-state index in [2.05, 4.69) is 26.1 Å². The lowest BCUT2D eigenvalue weighted by atomic mass is 9.89. The molecule has 3 heteroatoms. The topological polar surface area (TPSA) is 55.1 Å². The van der Waals surface area contributed by atoms with Crippen LogP contribution in [0.5, 0.6) is 0 Å². The number of hydrogen-bond donors (Lipinski definition) is 2. The Hall–Kier alpha value is -1.35. The number of carbonyl (C=O) groups excluding carboxylic acids is 1. The zero-order valence-electron chi connectivity index (χ0n) is 11.6. The Balaban J connectivity index is 2.76. The number of nitrogens with two attached hydrogens (primary N) is 1. The molecular weight excluding hydrogens is 224 g/mol. The van der Waals surface area contributed by atoms with E-state index in [-0.39, 0.29) is 11.4 Å². The van der Waals surface area contributed by atoms with Crippen molar-refractivity contribution in [2.45, 2.75) is 51.6 Å². The summed E-state index contributed by atoms with van der Waals surface area (Å²) in [6, 6.07) is 8.90. The molecule has 1 aromatic rings. The molecule has 0 aliphatic rings. The van der Waals surface area contributed by atoms with Crippen LogP contribution in [-0.2, 0) is 4.79 Å². The molecule has 0 bridgehead atoms. The van der Waals surface area contributed by atoms with E-state index in [1.807, 2.05) is 30.3 Å². The van der Waals surface area contributed by atoms with Gasteiger partial charge in [0, 0.05) is 5.54 Å². The van der Waals surface area contributed by atoms with Gasteiger partial charge < -0.3 is 11.1 Å². The second kappa shape index (κ2) is 6.55. The lowest BCUT2D eigenvalue weighted by Gasteiger charge is -2.33. The van der Waals surface area contributed by atoms with Crippen molar-refractivity contribution in [3.05, 3.63) is 35.9 Å². The molecule has 100 valence electrons. The van der Waals surface area contributed by atoms with Crippen LogP contribution in [0.25, 0.3) is 0 Å². The molecule has 0 saturated heterocycles. The van der Waals surface area contributed by atoms with E-state index in [0.717, 1.165) is 24.8 Å². The molecular formula is C15H24N2O. The Labute approximate surface area is 110 Å². The molecule has 3 N–H and O–H groups in total. The molecule has 0 spiro atoms. The van der Waals surface area contributed by atoms with Crippen LogP contribution in [0.2, 0.25) is 0 Å². The molecule has 1 atom stereocenters. The van der Waals surface area contributed by atoms with E-state index >= 15 is 0 Å². The number of nitrogens with one attached hydrogen (secondary N) is 1. The monoisotopic (exact) mass is 248 g/mol. The Kier molecular flexibility index (Phi) is 5.35. The smallest absolute Gasteiger partial charge is 0.241 e. The third kappa shape index (κ3) is 3.33. The maximum absolute atomic E-state index is 12.2. The standard InChI is InChI=1S/C15H24N2O/c1-4-15(5-2,6-3)17-14(18)13(16)12-10-8-7-9-11-12/h7-11,13H,4-6,16H2,1-3H3,(H,17,18)/t13-/m1/s1. The van der Waals surface area contributed by atoms with Crippen LogP contribution in [0, 0.1) is 0 Å². The van der Waals surface area contributed by atoms with Crippen LogP contribution in [0.4, 0.5) is 0 Å². The first-order valence-electron chi connectivity index (χ1n) is 6.71. The van der Waals surface area contributed by atoms with Crippen molar-refractivity contribution < 1.29 is 4.79 Å². The predicted octanol–water partition coefficient (Wildman–Crippen LogP) is 2.77. The van der Waals surface area contributed by atoms with Crippen LogP contribution < -0.4 is 11.1 Å². The van der Waals surface area contributed by atoms with E-state index in [9.17, 15) is 4.79 Å².